The number of nitrogens with two attached hydrogens (primary N) is 1. The molecule has 3 aromatic rings. The van der Waals surface area contributed by atoms with Gasteiger partial charge in [0.05, 0.1) is 6.04 Å². The van der Waals surface area contributed by atoms with Crippen molar-refractivity contribution < 1.29 is 0 Å². The lowest BCUT2D eigenvalue weighted by molar-refractivity contribution is 0.402. The van der Waals surface area contributed by atoms with Crippen LogP contribution in [0.25, 0.3) is 11.2 Å². The van der Waals surface area contributed by atoms with Gasteiger partial charge in [0.2, 0.25) is 5.95 Å². The molecule has 4 N–H and O–H groups in total. The minimum absolute atomic E-state index is 0.102. The van der Waals surface area contributed by atoms with Gasteiger partial charge in [0.25, 0.3) is 0 Å². The normalized spacial score (nSPS) is 19.9. The van der Waals surface area contributed by atoms with Crippen LogP contribution in [0.1, 0.15) is 45.6 Å². The van der Waals surface area contributed by atoms with Crippen LogP contribution < -0.4 is 16.4 Å². The molecule has 0 spiro atoms. The molecule has 0 saturated heterocycles. The molecule has 0 aliphatic heterocycles. The van der Waals surface area contributed by atoms with E-state index >= 15 is 0 Å². The van der Waals surface area contributed by atoms with Crippen LogP contribution in [0.4, 0.5) is 17.5 Å². The Morgan fingerprint density at radius 2 is 2.04 bits per heavy atom. The van der Waals surface area contributed by atoms with E-state index in [9.17, 15) is 0 Å². The monoisotopic (exact) mass is 400 g/mol. The molecule has 2 unspecified atom stereocenters. The summed E-state index contributed by atoms with van der Waals surface area (Å²) < 4.78 is 1.80. The first kappa shape index (κ1) is 18.9. The van der Waals surface area contributed by atoms with Crippen LogP contribution >= 0.6 is 11.6 Å². The minimum Gasteiger partial charge on any atom is -0.350 e. The molecule has 0 amide bonds. The highest BCUT2D eigenvalue weighted by molar-refractivity contribution is 6.30. The number of aromatic nitrogens is 5. The second-order valence-electron chi connectivity index (χ2n) is 7.53. The Morgan fingerprint density at radius 3 is 2.79 bits per heavy atom. The van der Waals surface area contributed by atoms with E-state index in [-0.39, 0.29) is 18.1 Å². The van der Waals surface area contributed by atoms with Gasteiger partial charge in [-0.3, -0.25) is 0 Å². The van der Waals surface area contributed by atoms with Gasteiger partial charge in [-0.2, -0.15) is 9.97 Å². The van der Waals surface area contributed by atoms with Crippen LogP contribution in [0, 0.1) is 0 Å². The average molecular weight is 401 g/mol. The Balaban J connectivity index is 1.74. The molecule has 1 aliphatic carbocycles. The Labute approximate surface area is 168 Å². The van der Waals surface area contributed by atoms with Gasteiger partial charge in [0.1, 0.15) is 0 Å². The van der Waals surface area contributed by atoms with E-state index in [2.05, 4.69) is 25.9 Å². The summed E-state index contributed by atoms with van der Waals surface area (Å²) in [4.78, 5) is 9.38. The molecule has 8 nitrogen and oxygen atoms in total. The third-order valence-corrected chi connectivity index (χ3v) is 5.27. The van der Waals surface area contributed by atoms with Crippen molar-refractivity contribution in [2.75, 3.05) is 10.6 Å². The van der Waals surface area contributed by atoms with Crippen molar-refractivity contribution in [3.63, 3.8) is 0 Å². The van der Waals surface area contributed by atoms with E-state index in [1.165, 1.54) is 6.42 Å². The molecule has 1 fully saturated rings. The van der Waals surface area contributed by atoms with Gasteiger partial charge in [0.15, 0.2) is 17.0 Å². The van der Waals surface area contributed by atoms with Gasteiger partial charge in [-0.15, -0.1) is 5.10 Å². The zero-order valence-corrected chi connectivity index (χ0v) is 16.8. The zero-order valence-electron chi connectivity index (χ0n) is 16.1. The zero-order chi connectivity index (χ0) is 19.7. The fourth-order valence-corrected chi connectivity index (χ4v) is 3.73. The molecule has 4 rings (SSSR count). The lowest BCUT2D eigenvalue weighted by atomic mass is 9.91. The molecular weight excluding hydrogens is 376 g/mol. The van der Waals surface area contributed by atoms with Gasteiger partial charge < -0.3 is 16.4 Å². The maximum absolute atomic E-state index is 6.30. The maximum Gasteiger partial charge on any atom is 0.227 e. The third kappa shape index (κ3) is 3.88. The maximum atomic E-state index is 6.30. The Bertz CT molecular complexity index is 970. The van der Waals surface area contributed by atoms with Crippen LogP contribution in [0.2, 0.25) is 5.02 Å². The lowest BCUT2D eigenvalue weighted by Gasteiger charge is -2.29. The fraction of sp³-hybridized carbons (Fsp3) is 0.474. The average Bonchev–Trinajstić information content (AvgIpc) is 3.08. The Hall–Kier alpha value is -2.45. The van der Waals surface area contributed by atoms with Gasteiger partial charge in [-0.05, 0) is 44.9 Å². The predicted octanol–water partition coefficient (Wildman–Crippen LogP) is 3.88. The van der Waals surface area contributed by atoms with Crippen molar-refractivity contribution in [1.82, 2.24) is 25.0 Å². The third-order valence-electron chi connectivity index (χ3n) is 5.03. The number of benzene rings is 1. The molecule has 1 aromatic carbocycles. The van der Waals surface area contributed by atoms with Crippen LogP contribution in [0.3, 0.4) is 0 Å². The highest BCUT2D eigenvalue weighted by atomic mass is 35.5. The van der Waals surface area contributed by atoms with Crippen LogP contribution in [-0.4, -0.2) is 37.0 Å². The number of nitrogens with zero attached hydrogens (tertiary/aromatic N) is 5. The molecule has 1 saturated carbocycles. The molecule has 148 valence electrons. The highest BCUT2D eigenvalue weighted by Gasteiger charge is 2.24. The van der Waals surface area contributed by atoms with Crippen molar-refractivity contribution in [2.24, 2.45) is 5.73 Å². The fourth-order valence-electron chi connectivity index (χ4n) is 3.54. The van der Waals surface area contributed by atoms with Gasteiger partial charge in [0, 0.05) is 22.8 Å². The van der Waals surface area contributed by atoms with E-state index in [1.807, 2.05) is 38.1 Å². The van der Waals surface area contributed by atoms with Crippen molar-refractivity contribution >= 4 is 40.2 Å². The summed E-state index contributed by atoms with van der Waals surface area (Å²) in [6.07, 6.45) is 4.36. The number of nitrogens with one attached hydrogen (secondary N) is 2. The first-order valence-corrected chi connectivity index (χ1v) is 10.1. The summed E-state index contributed by atoms with van der Waals surface area (Å²) in [5.41, 5.74) is 8.42. The Morgan fingerprint density at radius 1 is 1.21 bits per heavy atom. The molecule has 0 bridgehead atoms. The standard InChI is InChI=1S/C19H25ClN8/c1-11(2)28-18-16(26-27-28)17(22-13-7-5-6-12(20)10-13)24-19(25-18)23-15-9-4-3-8-14(15)21/h5-7,10-11,14-15H,3-4,8-9,21H2,1-2H3,(H2,22,23,24,25). The minimum atomic E-state index is 0.102. The molecule has 1 aliphatic rings. The molecule has 2 heterocycles. The van der Waals surface area contributed by atoms with Crippen LogP contribution in [0.5, 0.6) is 0 Å². The second-order valence-corrected chi connectivity index (χ2v) is 7.97. The van der Waals surface area contributed by atoms with Gasteiger partial charge >= 0.3 is 0 Å². The van der Waals surface area contributed by atoms with Crippen molar-refractivity contribution in [2.45, 2.75) is 57.7 Å². The summed E-state index contributed by atoms with van der Waals surface area (Å²) in [6, 6.07) is 7.87. The number of rotatable bonds is 5. The highest BCUT2D eigenvalue weighted by Crippen LogP contribution is 2.27. The number of halogens is 1. The van der Waals surface area contributed by atoms with Crippen molar-refractivity contribution in [3.05, 3.63) is 29.3 Å². The largest absolute Gasteiger partial charge is 0.350 e. The first-order valence-electron chi connectivity index (χ1n) is 9.69. The summed E-state index contributed by atoms with van der Waals surface area (Å²) >= 11 is 6.12. The molecule has 9 heteroatoms. The second kappa shape index (κ2) is 7.89. The molecule has 28 heavy (non-hydrogen) atoms. The number of anilines is 3. The Kier molecular flexibility index (Phi) is 5.32. The van der Waals surface area contributed by atoms with Crippen LogP contribution in [-0.2, 0) is 0 Å². The molecule has 2 aromatic heterocycles. The number of fused-ring (bicyclic) bond motifs is 1. The summed E-state index contributed by atoms with van der Waals surface area (Å²) in [6.45, 7) is 4.09. The van der Waals surface area contributed by atoms with Crippen LogP contribution in [0.15, 0.2) is 24.3 Å². The van der Waals surface area contributed by atoms with Gasteiger partial charge in [-0.1, -0.05) is 35.7 Å². The van der Waals surface area contributed by atoms with Crippen molar-refractivity contribution in [1.29, 1.82) is 0 Å². The predicted molar refractivity (Wildman–Crippen MR) is 112 cm³/mol. The first-order chi connectivity index (χ1) is 13.5. The summed E-state index contributed by atoms with van der Waals surface area (Å²) in [5, 5.41) is 16.0. The summed E-state index contributed by atoms with van der Waals surface area (Å²) in [5.74, 6) is 1.12. The number of hydrogen-bond donors (Lipinski definition) is 3. The topological polar surface area (TPSA) is 107 Å². The molecular formula is C19H25ClN8. The lowest BCUT2D eigenvalue weighted by Crippen LogP contribution is -2.43. The van der Waals surface area contributed by atoms with E-state index in [4.69, 9.17) is 22.3 Å². The van der Waals surface area contributed by atoms with E-state index in [1.54, 1.807) is 4.68 Å². The van der Waals surface area contributed by atoms with E-state index in [0.29, 0.717) is 28.0 Å². The smallest absolute Gasteiger partial charge is 0.227 e. The van der Waals surface area contributed by atoms with Crippen molar-refractivity contribution in [3.8, 4) is 0 Å². The molecule has 0 radical (unpaired) electrons. The molecule has 2 atom stereocenters. The van der Waals surface area contributed by atoms with E-state index < -0.39 is 0 Å². The quantitative estimate of drug-likeness (QED) is 0.596. The number of hydrogen-bond acceptors (Lipinski definition) is 7. The SMILES string of the molecule is CC(C)n1nnc2c(Nc3cccc(Cl)c3)nc(NC3CCCCC3N)nc21. The van der Waals surface area contributed by atoms with Gasteiger partial charge in [-0.25, -0.2) is 4.68 Å². The summed E-state index contributed by atoms with van der Waals surface area (Å²) in [7, 11) is 0. The van der Waals surface area contributed by atoms with E-state index in [0.717, 1.165) is 24.9 Å².